The standard InChI is InChI=1S/C9H9N3S/c1-6-8-4-10-5-12(8)7-2-3-13-9(7)11-6/h2-6,11H,1H3. The highest BCUT2D eigenvalue weighted by Crippen LogP contribution is 2.36. The Hall–Kier alpha value is -1.29. The third-order valence-electron chi connectivity index (χ3n) is 2.36. The molecule has 1 atom stereocenters. The summed E-state index contributed by atoms with van der Waals surface area (Å²) in [5.74, 6) is 0. The second-order valence-corrected chi connectivity index (χ2v) is 4.11. The van der Waals surface area contributed by atoms with Gasteiger partial charge in [0.15, 0.2) is 0 Å². The highest BCUT2D eigenvalue weighted by molar-refractivity contribution is 7.14. The van der Waals surface area contributed by atoms with Crippen molar-refractivity contribution in [1.29, 1.82) is 0 Å². The number of nitrogens with zero attached hydrogens (tertiary/aromatic N) is 2. The van der Waals surface area contributed by atoms with E-state index in [9.17, 15) is 0 Å². The predicted molar refractivity (Wildman–Crippen MR) is 53.5 cm³/mol. The Bertz CT molecular complexity index is 443. The minimum Gasteiger partial charge on any atom is -0.367 e. The van der Waals surface area contributed by atoms with Crippen LogP contribution in [0.2, 0.25) is 0 Å². The molecular weight excluding hydrogens is 182 g/mol. The van der Waals surface area contributed by atoms with Crippen molar-refractivity contribution in [3.8, 4) is 5.69 Å². The van der Waals surface area contributed by atoms with Crippen molar-refractivity contribution in [2.75, 3.05) is 5.32 Å². The largest absolute Gasteiger partial charge is 0.367 e. The van der Waals surface area contributed by atoms with E-state index < -0.39 is 0 Å². The van der Waals surface area contributed by atoms with Gasteiger partial charge in [0.1, 0.15) is 5.00 Å². The molecule has 0 aromatic carbocycles. The molecule has 0 spiro atoms. The van der Waals surface area contributed by atoms with Crippen LogP contribution in [0.25, 0.3) is 5.69 Å². The first-order valence-corrected chi connectivity index (χ1v) is 5.11. The minimum absolute atomic E-state index is 0.355. The maximum Gasteiger partial charge on any atom is 0.113 e. The molecule has 2 aromatic heterocycles. The maximum atomic E-state index is 4.16. The van der Waals surface area contributed by atoms with Crippen molar-refractivity contribution in [3.05, 3.63) is 29.7 Å². The first-order valence-electron chi connectivity index (χ1n) is 4.23. The van der Waals surface area contributed by atoms with Crippen molar-refractivity contribution in [2.24, 2.45) is 0 Å². The Morgan fingerprint density at radius 2 is 2.54 bits per heavy atom. The summed E-state index contributed by atoms with van der Waals surface area (Å²) in [4.78, 5) is 4.16. The Morgan fingerprint density at radius 1 is 1.62 bits per heavy atom. The molecule has 3 rings (SSSR count). The van der Waals surface area contributed by atoms with E-state index >= 15 is 0 Å². The number of rotatable bonds is 0. The van der Waals surface area contributed by atoms with Gasteiger partial charge in [-0.1, -0.05) is 0 Å². The molecule has 0 saturated carbocycles. The van der Waals surface area contributed by atoms with Crippen LogP contribution < -0.4 is 5.32 Å². The fourth-order valence-electron chi connectivity index (χ4n) is 1.70. The number of anilines is 1. The van der Waals surface area contributed by atoms with E-state index in [2.05, 4.69) is 33.2 Å². The van der Waals surface area contributed by atoms with Gasteiger partial charge in [0.2, 0.25) is 0 Å². The summed E-state index contributed by atoms with van der Waals surface area (Å²) in [7, 11) is 0. The van der Waals surface area contributed by atoms with Crippen LogP contribution in [0.5, 0.6) is 0 Å². The van der Waals surface area contributed by atoms with Crippen molar-refractivity contribution in [2.45, 2.75) is 13.0 Å². The summed E-state index contributed by atoms with van der Waals surface area (Å²) < 4.78 is 2.15. The summed E-state index contributed by atoms with van der Waals surface area (Å²) in [6.45, 7) is 2.15. The van der Waals surface area contributed by atoms with Crippen LogP contribution in [0.1, 0.15) is 18.7 Å². The van der Waals surface area contributed by atoms with Gasteiger partial charge in [-0.15, -0.1) is 11.3 Å². The molecule has 1 aliphatic heterocycles. The number of fused-ring (bicyclic) bond motifs is 3. The molecule has 1 unspecified atom stereocenters. The van der Waals surface area contributed by atoms with Gasteiger partial charge < -0.3 is 5.32 Å². The molecule has 0 saturated heterocycles. The average molecular weight is 191 g/mol. The van der Waals surface area contributed by atoms with Gasteiger partial charge >= 0.3 is 0 Å². The highest BCUT2D eigenvalue weighted by Gasteiger charge is 2.21. The molecule has 0 fully saturated rings. The van der Waals surface area contributed by atoms with Crippen LogP contribution in [-0.2, 0) is 0 Å². The van der Waals surface area contributed by atoms with Crippen molar-refractivity contribution >= 4 is 16.3 Å². The van der Waals surface area contributed by atoms with Gasteiger partial charge in [0.25, 0.3) is 0 Å². The first-order chi connectivity index (χ1) is 6.36. The van der Waals surface area contributed by atoms with Crippen LogP contribution in [0, 0.1) is 0 Å². The second kappa shape index (κ2) is 2.35. The summed E-state index contributed by atoms with van der Waals surface area (Å²) in [5, 5.41) is 6.77. The Kier molecular flexibility index (Phi) is 1.29. The fourth-order valence-corrected chi connectivity index (χ4v) is 2.56. The van der Waals surface area contributed by atoms with Crippen LogP contribution in [0.4, 0.5) is 5.00 Å². The molecule has 13 heavy (non-hydrogen) atoms. The topological polar surface area (TPSA) is 29.9 Å². The lowest BCUT2D eigenvalue weighted by atomic mass is 10.2. The van der Waals surface area contributed by atoms with E-state index in [1.54, 1.807) is 11.3 Å². The van der Waals surface area contributed by atoms with Gasteiger partial charge in [-0.25, -0.2) is 4.98 Å². The van der Waals surface area contributed by atoms with Crippen LogP contribution in [0.15, 0.2) is 24.0 Å². The first kappa shape index (κ1) is 7.15. The molecule has 1 N–H and O–H groups in total. The molecule has 2 aromatic rings. The lowest BCUT2D eigenvalue weighted by Crippen LogP contribution is -2.16. The quantitative estimate of drug-likeness (QED) is 0.693. The summed E-state index contributed by atoms with van der Waals surface area (Å²) in [6.07, 6.45) is 3.79. The van der Waals surface area contributed by atoms with E-state index in [1.165, 1.54) is 16.4 Å². The molecule has 4 heteroatoms. The molecule has 0 radical (unpaired) electrons. The Morgan fingerprint density at radius 3 is 3.46 bits per heavy atom. The van der Waals surface area contributed by atoms with Gasteiger partial charge in [-0.05, 0) is 18.4 Å². The lowest BCUT2D eigenvalue weighted by molar-refractivity contribution is 0.780. The van der Waals surface area contributed by atoms with Crippen molar-refractivity contribution in [3.63, 3.8) is 0 Å². The van der Waals surface area contributed by atoms with Gasteiger partial charge in [-0.3, -0.25) is 4.57 Å². The molecule has 3 heterocycles. The van der Waals surface area contributed by atoms with E-state index in [0.717, 1.165) is 0 Å². The number of aromatic nitrogens is 2. The summed E-state index contributed by atoms with van der Waals surface area (Å²) in [5.41, 5.74) is 2.45. The lowest BCUT2D eigenvalue weighted by Gasteiger charge is -2.22. The average Bonchev–Trinajstić information content (AvgIpc) is 2.66. The molecule has 0 aliphatic carbocycles. The zero-order chi connectivity index (χ0) is 8.84. The fraction of sp³-hybridized carbons (Fsp3) is 0.222. The highest BCUT2D eigenvalue weighted by atomic mass is 32.1. The molecule has 3 nitrogen and oxygen atoms in total. The molecule has 0 amide bonds. The normalized spacial score (nSPS) is 19.0. The van der Waals surface area contributed by atoms with Gasteiger partial charge in [0.05, 0.1) is 29.9 Å². The second-order valence-electron chi connectivity index (χ2n) is 3.19. The Balaban J connectivity index is 2.30. The third-order valence-corrected chi connectivity index (χ3v) is 3.20. The molecule has 1 aliphatic rings. The van der Waals surface area contributed by atoms with E-state index in [0.29, 0.717) is 6.04 Å². The minimum atomic E-state index is 0.355. The maximum absolute atomic E-state index is 4.16. The van der Waals surface area contributed by atoms with E-state index in [-0.39, 0.29) is 0 Å². The van der Waals surface area contributed by atoms with Crippen LogP contribution in [0.3, 0.4) is 0 Å². The summed E-state index contributed by atoms with van der Waals surface area (Å²) >= 11 is 1.74. The smallest absolute Gasteiger partial charge is 0.113 e. The van der Waals surface area contributed by atoms with Crippen LogP contribution >= 0.6 is 11.3 Å². The zero-order valence-corrected chi connectivity index (χ0v) is 8.01. The third kappa shape index (κ3) is 0.862. The van der Waals surface area contributed by atoms with Crippen molar-refractivity contribution in [1.82, 2.24) is 9.55 Å². The number of nitrogens with one attached hydrogen (secondary N) is 1. The molecule has 66 valence electrons. The van der Waals surface area contributed by atoms with Crippen LogP contribution in [-0.4, -0.2) is 9.55 Å². The van der Waals surface area contributed by atoms with Crippen molar-refractivity contribution < 1.29 is 0 Å². The monoisotopic (exact) mass is 191 g/mol. The number of hydrogen-bond acceptors (Lipinski definition) is 3. The SMILES string of the molecule is CC1Nc2sccc2-n2cncc21. The zero-order valence-electron chi connectivity index (χ0n) is 7.19. The molecule has 0 bridgehead atoms. The predicted octanol–water partition coefficient (Wildman–Crippen LogP) is 2.42. The summed E-state index contributed by atoms with van der Waals surface area (Å²) in [6, 6.07) is 2.47. The van der Waals surface area contributed by atoms with Gasteiger partial charge in [0, 0.05) is 0 Å². The van der Waals surface area contributed by atoms with Gasteiger partial charge in [-0.2, -0.15) is 0 Å². The molecular formula is C9H9N3S. The number of hydrogen-bond donors (Lipinski definition) is 1. The number of imidazole rings is 1. The van der Waals surface area contributed by atoms with E-state index in [4.69, 9.17) is 0 Å². The number of thiophene rings is 1. The Labute approximate surface area is 80.0 Å². The van der Waals surface area contributed by atoms with E-state index in [1.807, 2.05) is 12.5 Å².